The summed E-state index contributed by atoms with van der Waals surface area (Å²) in [7, 11) is 0. The Bertz CT molecular complexity index is 880. The predicted octanol–water partition coefficient (Wildman–Crippen LogP) is 0.389. The Kier molecular flexibility index (Phi) is 4.02. The van der Waals surface area contributed by atoms with Crippen molar-refractivity contribution in [3.05, 3.63) is 24.0 Å². The van der Waals surface area contributed by atoms with Gasteiger partial charge in [-0.15, -0.1) is 0 Å². The number of hydrogen-bond donors (Lipinski definition) is 2. The number of β-amino-alcohol motifs (C(OH)–C–C–N with tert-alkyl or cyclic N) is 1. The highest BCUT2D eigenvalue weighted by Crippen LogP contribution is 2.28. The molecule has 1 saturated heterocycles. The maximum Gasteiger partial charge on any atom is 0.201 e. The minimum absolute atomic E-state index is 0.188. The van der Waals surface area contributed by atoms with Crippen molar-refractivity contribution in [3.8, 4) is 11.6 Å². The number of anilines is 2. The second kappa shape index (κ2) is 6.34. The highest BCUT2D eigenvalue weighted by Gasteiger charge is 2.23. The predicted molar refractivity (Wildman–Crippen MR) is 93.4 cm³/mol. The highest BCUT2D eigenvalue weighted by molar-refractivity contribution is 5.66. The van der Waals surface area contributed by atoms with Gasteiger partial charge < -0.3 is 20.2 Å². The Balaban J connectivity index is 1.73. The average molecular weight is 343 g/mol. The molecule has 3 aromatic heterocycles. The van der Waals surface area contributed by atoms with Crippen molar-refractivity contribution in [3.63, 3.8) is 0 Å². The first kappa shape index (κ1) is 15.9. The fraction of sp³-hybridized carbons (Fsp3) is 0.438. The molecule has 9 nitrogen and oxygen atoms in total. The van der Waals surface area contributed by atoms with Gasteiger partial charge in [0.25, 0.3) is 0 Å². The zero-order chi connectivity index (χ0) is 17.4. The lowest BCUT2D eigenvalue weighted by Crippen LogP contribution is -2.47. The summed E-state index contributed by atoms with van der Waals surface area (Å²) in [6.07, 6.45) is 1.52. The molecular formula is C16H21N7O2. The number of furan rings is 1. The maximum atomic E-state index is 9.10. The van der Waals surface area contributed by atoms with E-state index in [0.717, 1.165) is 43.2 Å². The first-order valence-electron chi connectivity index (χ1n) is 8.31. The minimum atomic E-state index is 0.188. The van der Waals surface area contributed by atoms with E-state index in [1.807, 2.05) is 6.92 Å². The molecule has 0 spiro atoms. The maximum absolute atomic E-state index is 9.10. The first-order chi connectivity index (χ1) is 12.2. The third kappa shape index (κ3) is 2.81. The van der Waals surface area contributed by atoms with Crippen LogP contribution in [0.5, 0.6) is 0 Å². The third-order valence-electron chi connectivity index (χ3n) is 4.57. The van der Waals surface area contributed by atoms with Crippen molar-refractivity contribution < 1.29 is 9.52 Å². The molecule has 0 bridgehead atoms. The van der Waals surface area contributed by atoms with Crippen LogP contribution in [0, 0.1) is 6.92 Å². The Morgan fingerprint density at radius 1 is 1.24 bits per heavy atom. The summed E-state index contributed by atoms with van der Waals surface area (Å²) in [4.78, 5) is 13.7. The van der Waals surface area contributed by atoms with Gasteiger partial charge in [0.05, 0.1) is 6.61 Å². The van der Waals surface area contributed by atoms with Gasteiger partial charge in [-0.2, -0.15) is 9.61 Å². The lowest BCUT2D eigenvalue weighted by Gasteiger charge is -2.35. The van der Waals surface area contributed by atoms with Crippen LogP contribution in [-0.2, 0) is 0 Å². The number of aryl methyl sites for hydroxylation is 1. The van der Waals surface area contributed by atoms with Gasteiger partial charge in [0.1, 0.15) is 12.1 Å². The lowest BCUT2D eigenvalue weighted by molar-refractivity contribution is 0.188. The summed E-state index contributed by atoms with van der Waals surface area (Å²) in [6, 6.07) is 3.49. The van der Waals surface area contributed by atoms with E-state index in [2.05, 4.69) is 19.9 Å². The average Bonchev–Trinajstić information content (AvgIpc) is 3.26. The molecule has 0 aromatic carbocycles. The summed E-state index contributed by atoms with van der Waals surface area (Å²) >= 11 is 0. The molecule has 0 atom stereocenters. The number of fused-ring (bicyclic) bond motifs is 1. The Labute approximate surface area is 144 Å². The normalized spacial score (nSPS) is 16.0. The van der Waals surface area contributed by atoms with Crippen molar-refractivity contribution in [1.82, 2.24) is 24.5 Å². The molecule has 132 valence electrons. The number of nitrogen functional groups attached to an aromatic ring is 1. The van der Waals surface area contributed by atoms with Crippen LogP contribution in [0.2, 0.25) is 0 Å². The highest BCUT2D eigenvalue weighted by atomic mass is 16.4. The second-order valence-electron chi connectivity index (χ2n) is 6.13. The van der Waals surface area contributed by atoms with Crippen LogP contribution in [-0.4, -0.2) is 68.9 Å². The molecule has 4 heterocycles. The quantitative estimate of drug-likeness (QED) is 0.700. The molecule has 4 rings (SSSR count). The van der Waals surface area contributed by atoms with Crippen LogP contribution < -0.4 is 10.6 Å². The molecule has 0 saturated carbocycles. The Morgan fingerprint density at radius 3 is 2.72 bits per heavy atom. The zero-order valence-electron chi connectivity index (χ0n) is 14.1. The van der Waals surface area contributed by atoms with Crippen molar-refractivity contribution >= 4 is 17.3 Å². The third-order valence-corrected chi connectivity index (χ3v) is 4.57. The van der Waals surface area contributed by atoms with E-state index in [1.54, 1.807) is 16.6 Å². The second-order valence-corrected chi connectivity index (χ2v) is 6.13. The molecule has 0 radical (unpaired) electrons. The van der Waals surface area contributed by atoms with Gasteiger partial charge >= 0.3 is 0 Å². The van der Waals surface area contributed by atoms with Gasteiger partial charge in [-0.3, -0.25) is 4.90 Å². The molecule has 0 amide bonds. The van der Waals surface area contributed by atoms with Crippen LogP contribution >= 0.6 is 0 Å². The summed E-state index contributed by atoms with van der Waals surface area (Å²) < 4.78 is 7.23. The van der Waals surface area contributed by atoms with E-state index < -0.39 is 0 Å². The number of piperazine rings is 1. The van der Waals surface area contributed by atoms with E-state index in [9.17, 15) is 0 Å². The molecule has 0 aliphatic carbocycles. The molecule has 3 aromatic rings. The van der Waals surface area contributed by atoms with Crippen molar-refractivity contribution in [2.45, 2.75) is 6.92 Å². The van der Waals surface area contributed by atoms with E-state index >= 15 is 0 Å². The fourth-order valence-electron chi connectivity index (χ4n) is 3.25. The van der Waals surface area contributed by atoms with Gasteiger partial charge in [0.15, 0.2) is 17.3 Å². The molecule has 0 unspecified atom stereocenters. The summed E-state index contributed by atoms with van der Waals surface area (Å²) in [5, 5.41) is 13.4. The molecule has 1 fully saturated rings. The molecule has 25 heavy (non-hydrogen) atoms. The van der Waals surface area contributed by atoms with Gasteiger partial charge in [0.2, 0.25) is 5.82 Å². The summed E-state index contributed by atoms with van der Waals surface area (Å²) in [6.45, 7) is 6.38. The number of aromatic nitrogens is 4. The van der Waals surface area contributed by atoms with Crippen LogP contribution in [0.25, 0.3) is 17.2 Å². The summed E-state index contributed by atoms with van der Waals surface area (Å²) in [5.74, 6) is 2.37. The van der Waals surface area contributed by atoms with Crippen molar-refractivity contribution in [2.24, 2.45) is 0 Å². The largest absolute Gasteiger partial charge is 0.438 e. The molecule has 1 aliphatic rings. The summed E-state index contributed by atoms with van der Waals surface area (Å²) in [5.41, 5.74) is 7.45. The Hall–Kier alpha value is -2.65. The van der Waals surface area contributed by atoms with Gasteiger partial charge in [0, 0.05) is 44.4 Å². The van der Waals surface area contributed by atoms with Crippen LogP contribution in [0.1, 0.15) is 5.56 Å². The Morgan fingerprint density at radius 2 is 2.04 bits per heavy atom. The molecular weight excluding hydrogens is 322 g/mol. The number of aliphatic hydroxyl groups is 1. The zero-order valence-corrected chi connectivity index (χ0v) is 14.1. The lowest BCUT2D eigenvalue weighted by atomic mass is 10.2. The smallest absolute Gasteiger partial charge is 0.201 e. The number of nitrogens with zero attached hydrogens (tertiary/aromatic N) is 6. The van der Waals surface area contributed by atoms with E-state index in [1.165, 1.54) is 6.33 Å². The number of nitrogens with two attached hydrogens (primary N) is 1. The number of rotatable bonds is 4. The number of aliphatic hydroxyl groups excluding tert-OH is 1. The standard InChI is InChI=1S/C16H21N7O2/c1-11-14-18-10-19-23(14)16(12-2-3-13(17)25-12)20-15(11)22-6-4-21(5-7-22)8-9-24/h2-3,10,24H,4-9,17H2,1H3. The minimum Gasteiger partial charge on any atom is -0.438 e. The van der Waals surface area contributed by atoms with E-state index in [4.69, 9.17) is 20.2 Å². The first-order valence-corrected chi connectivity index (χ1v) is 8.31. The van der Waals surface area contributed by atoms with Crippen LogP contribution in [0.3, 0.4) is 0 Å². The SMILES string of the molecule is Cc1c(N2CCN(CCO)CC2)nc(-c2ccc(N)o2)n2ncnc12. The van der Waals surface area contributed by atoms with Crippen molar-refractivity contribution in [1.29, 1.82) is 0 Å². The van der Waals surface area contributed by atoms with Crippen molar-refractivity contribution in [2.75, 3.05) is 50.0 Å². The molecule has 1 aliphatic heterocycles. The van der Waals surface area contributed by atoms with Gasteiger partial charge in [-0.25, -0.2) is 9.97 Å². The van der Waals surface area contributed by atoms with Gasteiger partial charge in [-0.1, -0.05) is 0 Å². The number of hydrogen-bond acceptors (Lipinski definition) is 8. The van der Waals surface area contributed by atoms with Crippen LogP contribution in [0.4, 0.5) is 11.7 Å². The molecule has 3 N–H and O–H groups in total. The topological polar surface area (TPSA) is 109 Å². The van der Waals surface area contributed by atoms with E-state index in [-0.39, 0.29) is 6.61 Å². The molecule has 9 heteroatoms. The van der Waals surface area contributed by atoms with Gasteiger partial charge in [-0.05, 0) is 13.0 Å². The monoisotopic (exact) mass is 343 g/mol. The van der Waals surface area contributed by atoms with E-state index in [0.29, 0.717) is 24.0 Å². The fourth-order valence-corrected chi connectivity index (χ4v) is 3.25. The van der Waals surface area contributed by atoms with Crippen LogP contribution in [0.15, 0.2) is 22.9 Å².